The summed E-state index contributed by atoms with van der Waals surface area (Å²) in [5.74, 6) is -4.41. The van der Waals surface area contributed by atoms with Crippen LogP contribution in [0, 0.1) is 5.92 Å². The summed E-state index contributed by atoms with van der Waals surface area (Å²) in [6, 6.07) is 0. The molecule has 1 spiro atoms. The highest BCUT2D eigenvalue weighted by Crippen LogP contribution is 2.61. The minimum Gasteiger partial charge on any atom is -0.385 e. The summed E-state index contributed by atoms with van der Waals surface area (Å²) in [5.41, 5.74) is -1.59. The molecule has 0 radical (unpaired) electrons. The number of carbonyl (C=O) groups excluding carboxylic acids is 1. The molecule has 0 aromatic rings. The maximum atomic E-state index is 10.6. The van der Waals surface area contributed by atoms with Crippen molar-refractivity contribution in [3.8, 4) is 0 Å². The molecule has 84 valence electrons. The van der Waals surface area contributed by atoms with Gasteiger partial charge in [-0.1, -0.05) is 0 Å². The van der Waals surface area contributed by atoms with E-state index in [0.717, 1.165) is 0 Å². The molecule has 3 aliphatic rings. The van der Waals surface area contributed by atoms with Gasteiger partial charge in [-0.3, -0.25) is 0 Å². The zero-order chi connectivity index (χ0) is 10.9. The second-order valence-electron chi connectivity index (χ2n) is 4.60. The quantitative estimate of drug-likeness (QED) is 0.372. The average Bonchev–Trinajstić information content (AvgIpc) is 2.74. The second kappa shape index (κ2) is 2.28. The molecular weight excluding hydrogens is 204 g/mol. The fourth-order valence-corrected chi connectivity index (χ4v) is 2.69. The molecule has 2 unspecified atom stereocenters. The molecule has 1 saturated heterocycles. The Kier molecular flexibility index (Phi) is 1.43. The molecule has 2 saturated carbocycles. The van der Waals surface area contributed by atoms with Gasteiger partial charge in [-0.05, 0) is 25.2 Å². The third-order valence-corrected chi connectivity index (χ3v) is 3.76. The molecule has 6 heteroatoms. The number of fused-ring (bicyclic) bond motifs is 1. The molecular formula is C9H12O6. The standard InChI is InChI=1S/C9H12O6/c10-6-14-8(15-6)3-1-2-5-4-7(5,11)9(8,12)13/h5,11-13H,1-4H2. The predicted molar refractivity (Wildman–Crippen MR) is 44.4 cm³/mol. The van der Waals surface area contributed by atoms with Crippen molar-refractivity contribution in [3.05, 3.63) is 0 Å². The number of hydrogen-bond donors (Lipinski definition) is 3. The number of hydrogen-bond acceptors (Lipinski definition) is 6. The monoisotopic (exact) mass is 216 g/mol. The maximum absolute atomic E-state index is 10.6. The van der Waals surface area contributed by atoms with E-state index >= 15 is 0 Å². The largest absolute Gasteiger partial charge is 0.515 e. The van der Waals surface area contributed by atoms with Gasteiger partial charge in [0.1, 0.15) is 5.60 Å². The minimum absolute atomic E-state index is 0.144. The highest BCUT2D eigenvalue weighted by atomic mass is 16.9. The van der Waals surface area contributed by atoms with Gasteiger partial charge in [-0.2, -0.15) is 0 Å². The van der Waals surface area contributed by atoms with Crippen LogP contribution >= 0.6 is 0 Å². The van der Waals surface area contributed by atoms with Gasteiger partial charge in [0.15, 0.2) is 0 Å². The molecule has 0 bridgehead atoms. The van der Waals surface area contributed by atoms with Crippen LogP contribution in [0.5, 0.6) is 0 Å². The Hall–Kier alpha value is -0.850. The van der Waals surface area contributed by atoms with Crippen LogP contribution in [0.2, 0.25) is 0 Å². The highest BCUT2D eigenvalue weighted by molar-refractivity contribution is 5.66. The van der Waals surface area contributed by atoms with Gasteiger partial charge < -0.3 is 24.8 Å². The molecule has 0 aromatic heterocycles. The molecule has 3 rings (SSSR count). The summed E-state index contributed by atoms with van der Waals surface area (Å²) in [7, 11) is 0. The van der Waals surface area contributed by atoms with Crippen molar-refractivity contribution in [1.82, 2.24) is 0 Å². The van der Waals surface area contributed by atoms with Gasteiger partial charge in [-0.15, -0.1) is 0 Å². The number of carbonyl (C=O) groups is 1. The molecule has 3 fully saturated rings. The van der Waals surface area contributed by atoms with E-state index in [1.54, 1.807) is 0 Å². The number of ether oxygens (including phenoxy) is 2. The van der Waals surface area contributed by atoms with Crippen LogP contribution in [0.3, 0.4) is 0 Å². The molecule has 2 atom stereocenters. The summed E-state index contributed by atoms with van der Waals surface area (Å²) in [6.45, 7) is 0. The zero-order valence-electron chi connectivity index (χ0n) is 7.97. The van der Waals surface area contributed by atoms with E-state index < -0.39 is 23.3 Å². The van der Waals surface area contributed by atoms with Crippen LogP contribution in [-0.4, -0.2) is 38.7 Å². The van der Waals surface area contributed by atoms with E-state index in [0.29, 0.717) is 19.3 Å². The first kappa shape index (κ1) is 9.38. The van der Waals surface area contributed by atoms with Gasteiger partial charge in [-0.25, -0.2) is 4.79 Å². The maximum Gasteiger partial charge on any atom is 0.515 e. The predicted octanol–water partition coefficient (Wildman–Crippen LogP) is -0.535. The Morgan fingerprint density at radius 3 is 2.53 bits per heavy atom. The molecule has 2 aliphatic carbocycles. The molecule has 0 amide bonds. The summed E-state index contributed by atoms with van der Waals surface area (Å²) in [4.78, 5) is 10.6. The van der Waals surface area contributed by atoms with Crippen molar-refractivity contribution in [1.29, 1.82) is 0 Å². The van der Waals surface area contributed by atoms with Crippen LogP contribution in [0.25, 0.3) is 0 Å². The molecule has 15 heavy (non-hydrogen) atoms. The van der Waals surface area contributed by atoms with E-state index in [1.165, 1.54) is 0 Å². The van der Waals surface area contributed by atoms with Gasteiger partial charge >= 0.3 is 11.9 Å². The third kappa shape index (κ3) is 0.878. The Balaban J connectivity index is 1.98. The number of aliphatic hydroxyl groups is 3. The average molecular weight is 216 g/mol. The van der Waals surface area contributed by atoms with Crippen molar-refractivity contribution in [3.63, 3.8) is 0 Å². The van der Waals surface area contributed by atoms with E-state index in [4.69, 9.17) is 9.47 Å². The van der Waals surface area contributed by atoms with Gasteiger partial charge in [0.25, 0.3) is 5.79 Å². The van der Waals surface area contributed by atoms with E-state index in [2.05, 4.69) is 0 Å². The van der Waals surface area contributed by atoms with Gasteiger partial charge in [0.05, 0.1) is 0 Å². The van der Waals surface area contributed by atoms with Crippen molar-refractivity contribution in [2.45, 2.75) is 42.9 Å². The normalized spacial score (nSPS) is 44.5. The van der Waals surface area contributed by atoms with E-state index in [9.17, 15) is 20.1 Å². The fraction of sp³-hybridized carbons (Fsp3) is 0.889. The molecule has 3 N–H and O–H groups in total. The molecule has 1 heterocycles. The van der Waals surface area contributed by atoms with Crippen molar-refractivity contribution in [2.75, 3.05) is 0 Å². The van der Waals surface area contributed by atoms with E-state index in [1.807, 2.05) is 0 Å². The van der Waals surface area contributed by atoms with Crippen molar-refractivity contribution in [2.24, 2.45) is 5.92 Å². The first-order valence-corrected chi connectivity index (χ1v) is 5.00. The topological polar surface area (TPSA) is 96.2 Å². The lowest BCUT2D eigenvalue weighted by Crippen LogP contribution is -2.71. The Morgan fingerprint density at radius 1 is 1.27 bits per heavy atom. The number of rotatable bonds is 0. The third-order valence-electron chi connectivity index (χ3n) is 3.76. The molecule has 0 aromatic carbocycles. The van der Waals surface area contributed by atoms with Crippen molar-refractivity contribution >= 4 is 6.16 Å². The van der Waals surface area contributed by atoms with Crippen molar-refractivity contribution < 1.29 is 29.6 Å². The lowest BCUT2D eigenvalue weighted by Gasteiger charge is -2.48. The Morgan fingerprint density at radius 2 is 1.93 bits per heavy atom. The second-order valence-corrected chi connectivity index (χ2v) is 4.60. The van der Waals surface area contributed by atoms with Crippen LogP contribution in [-0.2, 0) is 9.47 Å². The van der Waals surface area contributed by atoms with Crippen LogP contribution in [0.1, 0.15) is 25.7 Å². The summed E-state index contributed by atoms with van der Waals surface area (Å²) in [5, 5.41) is 29.8. The summed E-state index contributed by atoms with van der Waals surface area (Å²) >= 11 is 0. The van der Waals surface area contributed by atoms with E-state index in [-0.39, 0.29) is 12.3 Å². The fourth-order valence-electron chi connectivity index (χ4n) is 2.69. The minimum atomic E-state index is -2.50. The first-order valence-electron chi connectivity index (χ1n) is 5.00. The Labute approximate surface area is 85.4 Å². The lowest BCUT2D eigenvalue weighted by atomic mass is 9.94. The van der Waals surface area contributed by atoms with Crippen LogP contribution in [0.4, 0.5) is 4.79 Å². The van der Waals surface area contributed by atoms with Crippen LogP contribution < -0.4 is 0 Å². The van der Waals surface area contributed by atoms with Gasteiger partial charge in [0.2, 0.25) is 0 Å². The highest BCUT2D eigenvalue weighted by Gasteiger charge is 2.79. The molecule has 6 nitrogen and oxygen atoms in total. The molecule has 1 aliphatic heterocycles. The smallest absolute Gasteiger partial charge is 0.385 e. The summed E-state index contributed by atoms with van der Waals surface area (Å²) < 4.78 is 9.41. The SMILES string of the molecule is O=C1OC2(CCCC3CC3(O)C2(O)O)O1. The van der Waals surface area contributed by atoms with Crippen LogP contribution in [0.15, 0.2) is 0 Å². The summed E-state index contributed by atoms with van der Waals surface area (Å²) in [6.07, 6.45) is 0.892. The zero-order valence-corrected chi connectivity index (χ0v) is 7.97. The lowest BCUT2D eigenvalue weighted by molar-refractivity contribution is -0.432. The van der Waals surface area contributed by atoms with Gasteiger partial charge in [0, 0.05) is 6.42 Å². The first-order chi connectivity index (χ1) is 6.91. The Bertz CT molecular complexity index is 329.